The minimum atomic E-state index is -0.484. The molecule has 1 aliphatic carbocycles. The fourth-order valence-corrected chi connectivity index (χ4v) is 3.13. The van der Waals surface area contributed by atoms with E-state index in [1.54, 1.807) is 29.2 Å². The van der Waals surface area contributed by atoms with E-state index in [1.165, 1.54) is 0 Å². The quantitative estimate of drug-likeness (QED) is 0.879. The van der Waals surface area contributed by atoms with Gasteiger partial charge >= 0.3 is 0 Å². The van der Waals surface area contributed by atoms with Crippen LogP contribution in [0.4, 0.5) is 5.69 Å². The summed E-state index contributed by atoms with van der Waals surface area (Å²) >= 11 is 0. The molecule has 0 radical (unpaired) electrons. The van der Waals surface area contributed by atoms with Crippen molar-refractivity contribution >= 4 is 17.5 Å². The molecule has 5 nitrogen and oxygen atoms in total. The molecule has 0 spiro atoms. The Morgan fingerprint density at radius 2 is 1.84 bits per heavy atom. The SMILES string of the molecule is CN(C(=O)c1cccc(NC(=O)C(C)(C)C)c1)C1CCC(CO)CC1. The second-order valence-corrected chi connectivity index (χ2v) is 8.06. The second kappa shape index (κ2) is 8.00. The van der Waals surface area contributed by atoms with Crippen LogP contribution in [0.2, 0.25) is 0 Å². The van der Waals surface area contributed by atoms with Crippen molar-refractivity contribution in [3.05, 3.63) is 29.8 Å². The van der Waals surface area contributed by atoms with E-state index in [0.717, 1.165) is 25.7 Å². The van der Waals surface area contributed by atoms with Gasteiger partial charge in [0.05, 0.1) is 0 Å². The number of carbonyl (C=O) groups is 2. The van der Waals surface area contributed by atoms with Crippen molar-refractivity contribution in [2.45, 2.75) is 52.5 Å². The van der Waals surface area contributed by atoms with E-state index in [1.807, 2.05) is 27.8 Å². The van der Waals surface area contributed by atoms with E-state index in [2.05, 4.69) is 5.32 Å². The molecule has 0 bridgehead atoms. The molecule has 5 heteroatoms. The number of nitrogens with one attached hydrogen (secondary N) is 1. The average Bonchev–Trinajstić information content (AvgIpc) is 2.60. The standard InChI is InChI=1S/C20H30N2O3/c1-20(2,3)19(25)21-16-7-5-6-15(12-16)18(24)22(4)17-10-8-14(13-23)9-11-17/h5-7,12,14,17,23H,8-11,13H2,1-4H3,(H,21,25). The number of anilines is 1. The molecule has 2 rings (SSSR count). The molecule has 1 aromatic rings. The molecule has 1 aromatic carbocycles. The summed E-state index contributed by atoms with van der Waals surface area (Å²) in [5.74, 6) is 0.266. The molecule has 1 saturated carbocycles. The van der Waals surface area contributed by atoms with Gasteiger partial charge in [-0.05, 0) is 49.8 Å². The van der Waals surface area contributed by atoms with Gasteiger partial charge in [-0.15, -0.1) is 0 Å². The summed E-state index contributed by atoms with van der Waals surface area (Å²) in [5, 5.41) is 12.1. The van der Waals surface area contributed by atoms with Crippen LogP contribution in [0.3, 0.4) is 0 Å². The molecule has 1 aliphatic rings. The van der Waals surface area contributed by atoms with Crippen molar-refractivity contribution < 1.29 is 14.7 Å². The van der Waals surface area contributed by atoms with Gasteiger partial charge in [-0.2, -0.15) is 0 Å². The molecule has 1 fully saturated rings. The molecular formula is C20H30N2O3. The second-order valence-electron chi connectivity index (χ2n) is 8.06. The molecule has 0 aromatic heterocycles. The van der Waals surface area contributed by atoms with Crippen molar-refractivity contribution in [3.8, 4) is 0 Å². The van der Waals surface area contributed by atoms with Crippen molar-refractivity contribution in [1.29, 1.82) is 0 Å². The summed E-state index contributed by atoms with van der Waals surface area (Å²) in [7, 11) is 1.84. The molecule has 0 heterocycles. The Balaban J connectivity index is 2.04. The topological polar surface area (TPSA) is 69.6 Å². The highest BCUT2D eigenvalue weighted by atomic mass is 16.3. The number of amides is 2. The van der Waals surface area contributed by atoms with Gasteiger partial charge in [0, 0.05) is 36.4 Å². The Labute approximate surface area is 150 Å². The lowest BCUT2D eigenvalue weighted by Gasteiger charge is -2.34. The Hall–Kier alpha value is -1.88. The molecule has 0 atom stereocenters. The highest BCUT2D eigenvalue weighted by molar-refractivity contribution is 5.98. The van der Waals surface area contributed by atoms with Crippen LogP contribution in [-0.4, -0.2) is 41.5 Å². The van der Waals surface area contributed by atoms with Crippen LogP contribution in [-0.2, 0) is 4.79 Å². The van der Waals surface area contributed by atoms with Crippen molar-refractivity contribution in [3.63, 3.8) is 0 Å². The van der Waals surface area contributed by atoms with E-state index in [9.17, 15) is 14.7 Å². The van der Waals surface area contributed by atoms with Gasteiger partial charge in [0.2, 0.25) is 5.91 Å². The Kier molecular flexibility index (Phi) is 6.22. The van der Waals surface area contributed by atoms with Crippen LogP contribution < -0.4 is 5.32 Å². The lowest BCUT2D eigenvalue weighted by Crippen LogP contribution is -2.39. The zero-order valence-corrected chi connectivity index (χ0v) is 15.7. The van der Waals surface area contributed by atoms with E-state index >= 15 is 0 Å². The zero-order chi connectivity index (χ0) is 18.6. The summed E-state index contributed by atoms with van der Waals surface area (Å²) in [4.78, 5) is 26.7. The zero-order valence-electron chi connectivity index (χ0n) is 15.7. The third-order valence-electron chi connectivity index (χ3n) is 4.99. The van der Waals surface area contributed by atoms with Gasteiger partial charge in [-0.3, -0.25) is 9.59 Å². The Morgan fingerprint density at radius 3 is 2.40 bits per heavy atom. The maximum absolute atomic E-state index is 12.8. The number of rotatable bonds is 4. The summed E-state index contributed by atoms with van der Waals surface area (Å²) in [6.07, 6.45) is 3.77. The first-order valence-corrected chi connectivity index (χ1v) is 9.02. The first-order valence-electron chi connectivity index (χ1n) is 9.02. The normalized spacial score (nSPS) is 20.8. The predicted molar refractivity (Wildman–Crippen MR) is 99.5 cm³/mol. The van der Waals surface area contributed by atoms with Gasteiger partial charge < -0.3 is 15.3 Å². The highest BCUT2D eigenvalue weighted by Gasteiger charge is 2.27. The minimum absolute atomic E-state index is 0.0284. The van der Waals surface area contributed by atoms with Gasteiger partial charge in [0.1, 0.15) is 0 Å². The van der Waals surface area contributed by atoms with Crippen LogP contribution in [0.25, 0.3) is 0 Å². The number of hydrogen-bond donors (Lipinski definition) is 2. The number of carbonyl (C=O) groups excluding carboxylic acids is 2. The summed E-state index contributed by atoms with van der Waals surface area (Å²) in [5.41, 5.74) is 0.740. The average molecular weight is 346 g/mol. The Bertz CT molecular complexity index is 614. The summed E-state index contributed by atoms with van der Waals surface area (Å²) in [6.45, 7) is 5.80. The van der Waals surface area contributed by atoms with E-state index in [-0.39, 0.29) is 24.5 Å². The lowest BCUT2D eigenvalue weighted by molar-refractivity contribution is -0.123. The summed E-state index contributed by atoms with van der Waals surface area (Å²) in [6, 6.07) is 7.32. The predicted octanol–water partition coefficient (Wildman–Crippen LogP) is 3.29. The number of nitrogens with zero attached hydrogens (tertiary/aromatic N) is 1. The van der Waals surface area contributed by atoms with Gasteiger partial charge in [-0.1, -0.05) is 26.8 Å². The molecule has 0 aliphatic heterocycles. The van der Waals surface area contributed by atoms with Crippen LogP contribution >= 0.6 is 0 Å². The molecule has 25 heavy (non-hydrogen) atoms. The first kappa shape index (κ1) is 19.4. The summed E-state index contributed by atoms with van der Waals surface area (Å²) < 4.78 is 0. The van der Waals surface area contributed by atoms with Crippen LogP contribution in [0, 0.1) is 11.3 Å². The lowest BCUT2D eigenvalue weighted by atomic mass is 9.86. The third kappa shape index (κ3) is 5.05. The fourth-order valence-electron chi connectivity index (χ4n) is 3.13. The Morgan fingerprint density at radius 1 is 1.20 bits per heavy atom. The van der Waals surface area contributed by atoms with Crippen LogP contribution in [0.15, 0.2) is 24.3 Å². The molecule has 138 valence electrons. The minimum Gasteiger partial charge on any atom is -0.396 e. The van der Waals surface area contributed by atoms with E-state index in [0.29, 0.717) is 17.2 Å². The molecule has 2 N–H and O–H groups in total. The molecular weight excluding hydrogens is 316 g/mol. The van der Waals surface area contributed by atoms with E-state index < -0.39 is 5.41 Å². The molecule has 0 unspecified atom stereocenters. The maximum Gasteiger partial charge on any atom is 0.253 e. The highest BCUT2D eigenvalue weighted by Crippen LogP contribution is 2.27. The van der Waals surface area contributed by atoms with Crippen molar-refractivity contribution in [2.24, 2.45) is 11.3 Å². The van der Waals surface area contributed by atoms with Crippen molar-refractivity contribution in [2.75, 3.05) is 19.0 Å². The van der Waals surface area contributed by atoms with Crippen LogP contribution in [0.1, 0.15) is 56.8 Å². The van der Waals surface area contributed by atoms with E-state index in [4.69, 9.17) is 0 Å². The third-order valence-corrected chi connectivity index (χ3v) is 4.99. The smallest absolute Gasteiger partial charge is 0.253 e. The fraction of sp³-hybridized carbons (Fsp3) is 0.600. The van der Waals surface area contributed by atoms with Gasteiger partial charge in [0.25, 0.3) is 5.91 Å². The largest absolute Gasteiger partial charge is 0.396 e. The first-order chi connectivity index (χ1) is 11.7. The van der Waals surface area contributed by atoms with Gasteiger partial charge in [-0.25, -0.2) is 0 Å². The van der Waals surface area contributed by atoms with Crippen LogP contribution in [0.5, 0.6) is 0 Å². The number of hydrogen-bond acceptors (Lipinski definition) is 3. The number of aliphatic hydroxyl groups is 1. The van der Waals surface area contributed by atoms with Gasteiger partial charge in [0.15, 0.2) is 0 Å². The number of aliphatic hydroxyl groups excluding tert-OH is 1. The number of benzene rings is 1. The maximum atomic E-state index is 12.8. The molecule has 2 amide bonds. The monoisotopic (exact) mass is 346 g/mol. The molecule has 0 saturated heterocycles. The van der Waals surface area contributed by atoms with Crippen molar-refractivity contribution in [1.82, 2.24) is 4.90 Å².